The maximum absolute atomic E-state index is 12.6. The lowest BCUT2D eigenvalue weighted by Crippen LogP contribution is -2.50. The van der Waals surface area contributed by atoms with Crippen LogP contribution < -0.4 is 5.32 Å². The van der Waals surface area contributed by atoms with Crippen LogP contribution in [0.25, 0.3) is 0 Å². The van der Waals surface area contributed by atoms with Crippen molar-refractivity contribution < 1.29 is 4.79 Å². The lowest BCUT2D eigenvalue weighted by Gasteiger charge is -2.38. The van der Waals surface area contributed by atoms with Crippen molar-refractivity contribution in [3.8, 4) is 0 Å². The normalized spacial score (nSPS) is 37.3. The van der Waals surface area contributed by atoms with Gasteiger partial charge in [0.05, 0.1) is 5.92 Å². The molecule has 0 aromatic carbocycles. The van der Waals surface area contributed by atoms with Crippen LogP contribution in [-0.4, -0.2) is 36.5 Å². The highest BCUT2D eigenvalue weighted by Crippen LogP contribution is 2.28. The Balaban J connectivity index is 1.94. The standard InChI is InChI=1S/C15H28N2O/c1-11-6-4-7-13(10-11)17(3)15(18)14-8-5-9-16-12(14)2/h11-14,16H,4-10H2,1-3H3. The molecule has 104 valence electrons. The molecule has 0 bridgehead atoms. The Hall–Kier alpha value is -0.570. The van der Waals surface area contributed by atoms with Gasteiger partial charge in [0.2, 0.25) is 5.91 Å². The number of carbonyl (C=O) groups excluding carboxylic acids is 1. The molecule has 1 aliphatic heterocycles. The van der Waals surface area contributed by atoms with Gasteiger partial charge in [-0.1, -0.05) is 19.8 Å². The molecule has 1 aliphatic carbocycles. The number of amides is 1. The van der Waals surface area contributed by atoms with Crippen LogP contribution in [0, 0.1) is 11.8 Å². The van der Waals surface area contributed by atoms with Crippen molar-refractivity contribution in [2.45, 2.75) is 64.5 Å². The summed E-state index contributed by atoms with van der Waals surface area (Å²) in [4.78, 5) is 14.7. The number of rotatable bonds is 2. The maximum atomic E-state index is 12.6. The van der Waals surface area contributed by atoms with Crippen molar-refractivity contribution >= 4 is 5.91 Å². The Morgan fingerprint density at radius 1 is 1.17 bits per heavy atom. The SMILES string of the molecule is CC1CCCC(N(C)C(=O)C2CCCNC2C)C1. The highest BCUT2D eigenvalue weighted by molar-refractivity contribution is 5.79. The molecule has 2 rings (SSSR count). The molecule has 4 atom stereocenters. The number of nitrogens with one attached hydrogen (secondary N) is 1. The first-order valence-corrected chi connectivity index (χ1v) is 7.59. The van der Waals surface area contributed by atoms with E-state index in [-0.39, 0.29) is 5.92 Å². The first-order chi connectivity index (χ1) is 8.59. The third-order valence-electron chi connectivity index (χ3n) is 4.88. The molecule has 1 saturated heterocycles. The molecule has 0 aromatic heterocycles. The smallest absolute Gasteiger partial charge is 0.227 e. The van der Waals surface area contributed by atoms with Crippen LogP contribution in [0.2, 0.25) is 0 Å². The predicted octanol–water partition coefficient (Wildman–Crippen LogP) is 2.41. The van der Waals surface area contributed by atoms with E-state index in [1.165, 1.54) is 25.7 Å². The molecule has 3 nitrogen and oxygen atoms in total. The highest BCUT2D eigenvalue weighted by atomic mass is 16.2. The number of hydrogen-bond donors (Lipinski definition) is 1. The average Bonchev–Trinajstić information content (AvgIpc) is 2.37. The Morgan fingerprint density at radius 3 is 2.61 bits per heavy atom. The topological polar surface area (TPSA) is 32.3 Å². The molecule has 3 heteroatoms. The number of hydrogen-bond acceptors (Lipinski definition) is 2. The number of nitrogens with zero attached hydrogens (tertiary/aromatic N) is 1. The fraction of sp³-hybridized carbons (Fsp3) is 0.933. The lowest BCUT2D eigenvalue weighted by atomic mass is 9.85. The van der Waals surface area contributed by atoms with E-state index in [0.717, 1.165) is 25.3 Å². The second-order valence-electron chi connectivity index (χ2n) is 6.37. The van der Waals surface area contributed by atoms with Crippen molar-refractivity contribution in [1.29, 1.82) is 0 Å². The van der Waals surface area contributed by atoms with Gasteiger partial charge < -0.3 is 10.2 Å². The van der Waals surface area contributed by atoms with Gasteiger partial charge in [0.25, 0.3) is 0 Å². The van der Waals surface area contributed by atoms with Gasteiger partial charge in [-0.25, -0.2) is 0 Å². The molecular formula is C15H28N2O. The van der Waals surface area contributed by atoms with Gasteiger partial charge in [-0.05, 0) is 45.1 Å². The second kappa shape index (κ2) is 6.05. The summed E-state index contributed by atoms with van der Waals surface area (Å²) >= 11 is 0. The maximum Gasteiger partial charge on any atom is 0.227 e. The Labute approximate surface area is 111 Å². The Bertz CT molecular complexity index is 292. The van der Waals surface area contributed by atoms with Crippen molar-refractivity contribution in [1.82, 2.24) is 10.2 Å². The molecule has 4 unspecified atom stereocenters. The van der Waals surface area contributed by atoms with Gasteiger partial charge in [0.1, 0.15) is 0 Å². The van der Waals surface area contributed by atoms with Gasteiger partial charge in [-0.2, -0.15) is 0 Å². The van der Waals surface area contributed by atoms with Crippen LogP contribution in [0.4, 0.5) is 0 Å². The van der Waals surface area contributed by atoms with E-state index < -0.39 is 0 Å². The zero-order valence-electron chi connectivity index (χ0n) is 12.1. The first-order valence-electron chi connectivity index (χ1n) is 7.59. The van der Waals surface area contributed by atoms with Crippen LogP contribution in [-0.2, 0) is 4.79 Å². The van der Waals surface area contributed by atoms with E-state index in [1.807, 2.05) is 7.05 Å². The molecular weight excluding hydrogens is 224 g/mol. The van der Waals surface area contributed by atoms with E-state index in [0.29, 0.717) is 18.0 Å². The summed E-state index contributed by atoms with van der Waals surface area (Å²) < 4.78 is 0. The van der Waals surface area contributed by atoms with Crippen LogP contribution >= 0.6 is 0 Å². The molecule has 18 heavy (non-hydrogen) atoms. The van der Waals surface area contributed by atoms with Gasteiger partial charge >= 0.3 is 0 Å². The zero-order chi connectivity index (χ0) is 13.1. The zero-order valence-corrected chi connectivity index (χ0v) is 12.1. The van der Waals surface area contributed by atoms with E-state index in [4.69, 9.17) is 0 Å². The summed E-state index contributed by atoms with van der Waals surface area (Å²) in [6.45, 7) is 5.53. The van der Waals surface area contributed by atoms with Crippen LogP contribution in [0.1, 0.15) is 52.4 Å². The minimum Gasteiger partial charge on any atom is -0.342 e. The predicted molar refractivity (Wildman–Crippen MR) is 74.4 cm³/mol. The average molecular weight is 252 g/mol. The molecule has 1 amide bonds. The first kappa shape index (κ1) is 13.9. The fourth-order valence-electron chi connectivity index (χ4n) is 3.58. The van der Waals surface area contributed by atoms with Crippen molar-refractivity contribution in [2.24, 2.45) is 11.8 Å². The van der Waals surface area contributed by atoms with Gasteiger partial charge in [0.15, 0.2) is 0 Å². The molecule has 2 aliphatic rings. The Kier molecular flexibility index (Phi) is 4.66. The van der Waals surface area contributed by atoms with E-state index in [1.54, 1.807) is 0 Å². The van der Waals surface area contributed by atoms with Crippen LogP contribution in [0.15, 0.2) is 0 Å². The molecule has 0 spiro atoms. The lowest BCUT2D eigenvalue weighted by molar-refractivity contribution is -0.138. The molecule has 0 aromatic rings. The molecule has 1 saturated carbocycles. The monoisotopic (exact) mass is 252 g/mol. The Morgan fingerprint density at radius 2 is 1.94 bits per heavy atom. The van der Waals surface area contributed by atoms with Crippen LogP contribution in [0.5, 0.6) is 0 Å². The largest absolute Gasteiger partial charge is 0.342 e. The van der Waals surface area contributed by atoms with Crippen molar-refractivity contribution in [2.75, 3.05) is 13.6 Å². The van der Waals surface area contributed by atoms with Gasteiger partial charge in [-0.15, -0.1) is 0 Å². The quantitative estimate of drug-likeness (QED) is 0.818. The summed E-state index contributed by atoms with van der Waals surface area (Å²) in [5, 5.41) is 3.43. The highest BCUT2D eigenvalue weighted by Gasteiger charge is 2.33. The minimum absolute atomic E-state index is 0.195. The summed E-state index contributed by atoms with van der Waals surface area (Å²) in [7, 11) is 2.02. The van der Waals surface area contributed by atoms with Crippen molar-refractivity contribution in [3.63, 3.8) is 0 Å². The fourth-order valence-corrected chi connectivity index (χ4v) is 3.58. The molecule has 1 N–H and O–H groups in total. The van der Waals surface area contributed by atoms with Gasteiger partial charge in [-0.3, -0.25) is 4.79 Å². The summed E-state index contributed by atoms with van der Waals surface area (Å²) in [6.07, 6.45) is 7.19. The van der Waals surface area contributed by atoms with E-state index in [9.17, 15) is 4.79 Å². The van der Waals surface area contributed by atoms with Gasteiger partial charge in [0, 0.05) is 19.1 Å². The third-order valence-corrected chi connectivity index (χ3v) is 4.88. The molecule has 2 fully saturated rings. The van der Waals surface area contributed by atoms with E-state index >= 15 is 0 Å². The number of piperidine rings is 1. The third kappa shape index (κ3) is 3.05. The molecule has 0 radical (unpaired) electrons. The van der Waals surface area contributed by atoms with Crippen molar-refractivity contribution in [3.05, 3.63) is 0 Å². The minimum atomic E-state index is 0.195. The summed E-state index contributed by atoms with van der Waals surface area (Å²) in [5.74, 6) is 1.34. The second-order valence-corrected chi connectivity index (χ2v) is 6.37. The van der Waals surface area contributed by atoms with Crippen LogP contribution in [0.3, 0.4) is 0 Å². The summed E-state index contributed by atoms with van der Waals surface area (Å²) in [5.41, 5.74) is 0. The number of carbonyl (C=O) groups is 1. The summed E-state index contributed by atoms with van der Waals surface area (Å²) in [6, 6.07) is 0.824. The molecule has 1 heterocycles. The van der Waals surface area contributed by atoms with E-state index in [2.05, 4.69) is 24.1 Å².